The molecule has 0 aromatic carbocycles. The lowest BCUT2D eigenvalue weighted by molar-refractivity contribution is 0.101. The maximum Gasteiger partial charge on any atom is 0.253 e. The number of nitrogens with zero attached hydrogens (tertiary/aromatic N) is 1. The minimum Gasteiger partial charge on any atom is -0.300 e. The van der Waals surface area contributed by atoms with Gasteiger partial charge in [-0.1, -0.05) is 0 Å². The zero-order valence-corrected chi connectivity index (χ0v) is 8.31. The lowest BCUT2D eigenvalue weighted by atomic mass is 10.3. The van der Waals surface area contributed by atoms with Gasteiger partial charge in [-0.2, -0.15) is 0 Å². The third-order valence-corrected chi connectivity index (χ3v) is 2.67. The molecule has 2 unspecified atom stereocenters. The van der Waals surface area contributed by atoms with Crippen LogP contribution in [0.1, 0.15) is 24.9 Å². The Hall–Kier alpha value is -0.550. The van der Waals surface area contributed by atoms with Crippen LogP contribution in [0.3, 0.4) is 0 Å². The van der Waals surface area contributed by atoms with E-state index in [1.54, 1.807) is 6.20 Å². The fraction of sp³-hybridized carbons (Fsp3) is 0.625. The molecule has 0 saturated carbocycles. The minimum absolute atomic E-state index is 0.107. The summed E-state index contributed by atoms with van der Waals surface area (Å²) in [5.74, 6) is 0. The molecular weight excluding hydrogens is 194 g/mol. The summed E-state index contributed by atoms with van der Waals surface area (Å²) in [5, 5.41) is 5.45. The third kappa shape index (κ3) is 3.00. The number of hydrogen-bond donors (Lipinski definition) is 1. The Kier molecular flexibility index (Phi) is 3.74. The van der Waals surface area contributed by atoms with Gasteiger partial charge in [-0.3, -0.25) is 0 Å². The minimum atomic E-state index is -2.33. The highest BCUT2D eigenvalue weighted by atomic mass is 32.1. The van der Waals surface area contributed by atoms with Crippen molar-refractivity contribution in [3.05, 3.63) is 16.6 Å². The molecule has 0 spiro atoms. The molecule has 74 valence electrons. The first-order valence-corrected chi connectivity index (χ1v) is 4.93. The highest BCUT2D eigenvalue weighted by molar-refractivity contribution is 7.09. The topological polar surface area (TPSA) is 24.9 Å². The fourth-order valence-corrected chi connectivity index (χ4v) is 1.64. The molecule has 1 aromatic rings. The number of hydrogen-bond acceptors (Lipinski definition) is 3. The highest BCUT2D eigenvalue weighted by Crippen LogP contribution is 2.16. The molecular formula is C8H12F2N2S. The van der Waals surface area contributed by atoms with Crippen LogP contribution in [0.4, 0.5) is 8.78 Å². The molecule has 1 aromatic heterocycles. The molecule has 2 nitrogen and oxygen atoms in total. The molecule has 0 aliphatic carbocycles. The summed E-state index contributed by atoms with van der Waals surface area (Å²) in [4.78, 5) is 4.04. The molecule has 13 heavy (non-hydrogen) atoms. The maximum absolute atomic E-state index is 12.2. The molecule has 0 saturated heterocycles. The van der Waals surface area contributed by atoms with Crippen LogP contribution in [0, 0.1) is 0 Å². The van der Waals surface area contributed by atoms with Crippen LogP contribution < -0.4 is 5.32 Å². The molecule has 1 rings (SSSR count). The van der Waals surface area contributed by atoms with E-state index in [4.69, 9.17) is 0 Å². The smallest absolute Gasteiger partial charge is 0.253 e. The van der Waals surface area contributed by atoms with Crippen molar-refractivity contribution >= 4 is 11.3 Å². The van der Waals surface area contributed by atoms with Crippen LogP contribution in [0.15, 0.2) is 11.6 Å². The molecule has 1 heterocycles. The van der Waals surface area contributed by atoms with Gasteiger partial charge in [0, 0.05) is 11.6 Å². The fourth-order valence-electron chi connectivity index (χ4n) is 0.987. The van der Waals surface area contributed by atoms with E-state index in [-0.39, 0.29) is 6.04 Å². The average molecular weight is 206 g/mol. The Balaban J connectivity index is 2.46. The van der Waals surface area contributed by atoms with Crippen molar-refractivity contribution in [2.75, 3.05) is 0 Å². The van der Waals surface area contributed by atoms with Crippen molar-refractivity contribution in [2.24, 2.45) is 0 Å². The van der Waals surface area contributed by atoms with Crippen LogP contribution >= 0.6 is 11.3 Å². The number of alkyl halides is 2. The van der Waals surface area contributed by atoms with Crippen molar-refractivity contribution in [3.8, 4) is 0 Å². The Morgan fingerprint density at radius 2 is 2.15 bits per heavy atom. The van der Waals surface area contributed by atoms with Crippen LogP contribution in [0.25, 0.3) is 0 Å². The summed E-state index contributed by atoms with van der Waals surface area (Å²) in [5.41, 5.74) is 0. The quantitative estimate of drug-likeness (QED) is 0.818. The molecule has 0 radical (unpaired) electrons. The molecule has 0 bridgehead atoms. The second kappa shape index (κ2) is 4.62. The molecule has 0 aliphatic rings. The highest BCUT2D eigenvalue weighted by Gasteiger charge is 2.18. The predicted molar refractivity (Wildman–Crippen MR) is 49.1 cm³/mol. The zero-order chi connectivity index (χ0) is 9.84. The van der Waals surface area contributed by atoms with E-state index in [9.17, 15) is 8.78 Å². The van der Waals surface area contributed by atoms with Gasteiger partial charge in [0.15, 0.2) is 0 Å². The lowest BCUT2D eigenvalue weighted by Crippen LogP contribution is -2.34. The summed E-state index contributed by atoms with van der Waals surface area (Å²) < 4.78 is 24.3. The summed E-state index contributed by atoms with van der Waals surface area (Å²) >= 11 is 1.47. The Morgan fingerprint density at radius 1 is 1.46 bits per heavy atom. The molecule has 5 heteroatoms. The van der Waals surface area contributed by atoms with Crippen LogP contribution in [0.5, 0.6) is 0 Å². The average Bonchev–Trinajstić information content (AvgIpc) is 2.55. The van der Waals surface area contributed by atoms with E-state index in [0.29, 0.717) is 0 Å². The maximum atomic E-state index is 12.2. The van der Waals surface area contributed by atoms with Gasteiger partial charge < -0.3 is 5.32 Å². The molecule has 0 aliphatic heterocycles. The predicted octanol–water partition coefficient (Wildman–Crippen LogP) is 2.45. The van der Waals surface area contributed by atoms with Gasteiger partial charge in [0.1, 0.15) is 5.01 Å². The Bertz CT molecular complexity index is 238. The summed E-state index contributed by atoms with van der Waals surface area (Å²) in [6, 6.07) is -0.900. The normalized spacial score (nSPS) is 16.1. The van der Waals surface area contributed by atoms with Crippen LogP contribution in [0.2, 0.25) is 0 Å². The molecule has 0 amide bonds. The van der Waals surface area contributed by atoms with Crippen molar-refractivity contribution in [3.63, 3.8) is 0 Å². The van der Waals surface area contributed by atoms with Gasteiger partial charge in [0.25, 0.3) is 6.43 Å². The first-order valence-electron chi connectivity index (χ1n) is 4.05. The molecule has 1 N–H and O–H groups in total. The van der Waals surface area contributed by atoms with Crippen molar-refractivity contribution < 1.29 is 8.78 Å². The second-order valence-corrected chi connectivity index (χ2v) is 3.81. The van der Waals surface area contributed by atoms with Crippen molar-refractivity contribution in [2.45, 2.75) is 32.4 Å². The second-order valence-electron chi connectivity index (χ2n) is 2.88. The SMILES string of the molecule is CC(NC(C)C(F)F)c1nccs1. The first-order chi connectivity index (χ1) is 6.11. The van der Waals surface area contributed by atoms with E-state index in [0.717, 1.165) is 5.01 Å². The monoisotopic (exact) mass is 206 g/mol. The number of aromatic nitrogens is 1. The standard InChI is InChI=1S/C8H12F2N2S/c1-5(7(9)10)12-6(2)8-11-3-4-13-8/h3-7,12H,1-2H3. The van der Waals surface area contributed by atoms with E-state index < -0.39 is 12.5 Å². The van der Waals surface area contributed by atoms with Gasteiger partial charge >= 0.3 is 0 Å². The van der Waals surface area contributed by atoms with Gasteiger partial charge in [-0.15, -0.1) is 11.3 Å². The van der Waals surface area contributed by atoms with Gasteiger partial charge in [0.2, 0.25) is 0 Å². The molecule has 0 fully saturated rings. The van der Waals surface area contributed by atoms with Crippen molar-refractivity contribution in [1.29, 1.82) is 0 Å². The van der Waals surface area contributed by atoms with Gasteiger partial charge in [-0.05, 0) is 13.8 Å². The summed E-state index contributed by atoms with van der Waals surface area (Å²) in [6.07, 6.45) is -0.659. The van der Waals surface area contributed by atoms with Crippen molar-refractivity contribution in [1.82, 2.24) is 10.3 Å². The summed E-state index contributed by atoms with van der Waals surface area (Å²) in [6.45, 7) is 3.30. The lowest BCUT2D eigenvalue weighted by Gasteiger charge is -2.17. The van der Waals surface area contributed by atoms with E-state index in [1.807, 2.05) is 12.3 Å². The molecule has 2 atom stereocenters. The van der Waals surface area contributed by atoms with Gasteiger partial charge in [0.05, 0.1) is 12.1 Å². The largest absolute Gasteiger partial charge is 0.300 e. The van der Waals surface area contributed by atoms with E-state index in [2.05, 4.69) is 10.3 Å². The van der Waals surface area contributed by atoms with Gasteiger partial charge in [-0.25, -0.2) is 13.8 Å². The Labute approximate surface area is 80.0 Å². The number of thiazole rings is 1. The zero-order valence-electron chi connectivity index (χ0n) is 7.50. The number of rotatable bonds is 4. The number of halogens is 2. The van der Waals surface area contributed by atoms with Crippen LogP contribution in [-0.2, 0) is 0 Å². The van der Waals surface area contributed by atoms with Crippen LogP contribution in [-0.4, -0.2) is 17.5 Å². The van der Waals surface area contributed by atoms with E-state index >= 15 is 0 Å². The first kappa shape index (κ1) is 10.5. The summed E-state index contributed by atoms with van der Waals surface area (Å²) in [7, 11) is 0. The Morgan fingerprint density at radius 3 is 2.62 bits per heavy atom. The number of nitrogens with one attached hydrogen (secondary N) is 1. The van der Waals surface area contributed by atoms with E-state index in [1.165, 1.54) is 18.3 Å². The third-order valence-electron chi connectivity index (χ3n) is 1.71.